The fourth-order valence-corrected chi connectivity index (χ4v) is 3.31. The molecule has 0 fully saturated rings. The van der Waals surface area contributed by atoms with Gasteiger partial charge in [0, 0.05) is 12.7 Å². The predicted octanol–water partition coefficient (Wildman–Crippen LogP) is 3.14. The molecule has 0 atom stereocenters. The first-order valence-electron chi connectivity index (χ1n) is 6.87. The number of pyridine rings is 1. The number of hydrogen-bond donors (Lipinski definition) is 1. The molecule has 21 heavy (non-hydrogen) atoms. The summed E-state index contributed by atoms with van der Waals surface area (Å²) in [4.78, 5) is 19.6. The van der Waals surface area contributed by atoms with E-state index in [1.54, 1.807) is 6.20 Å². The Kier molecular flexibility index (Phi) is 6.38. The van der Waals surface area contributed by atoms with Crippen molar-refractivity contribution < 1.29 is 9.90 Å². The number of hydrogen-bond acceptors (Lipinski definition) is 5. The van der Waals surface area contributed by atoms with E-state index in [9.17, 15) is 4.79 Å². The van der Waals surface area contributed by atoms with Crippen LogP contribution < -0.4 is 0 Å². The number of carboxylic acids is 1. The second-order valence-electron chi connectivity index (χ2n) is 4.63. The Morgan fingerprint density at radius 1 is 1.38 bits per heavy atom. The number of aliphatic carboxylic acids is 1. The zero-order valence-electron chi connectivity index (χ0n) is 12.0. The van der Waals surface area contributed by atoms with Gasteiger partial charge in [-0.3, -0.25) is 4.79 Å². The minimum absolute atomic E-state index is 0.0236. The van der Waals surface area contributed by atoms with E-state index in [1.807, 2.05) is 28.5 Å². The van der Waals surface area contributed by atoms with Gasteiger partial charge in [-0.25, -0.2) is 9.97 Å². The molecule has 0 aliphatic rings. The van der Waals surface area contributed by atoms with Crippen molar-refractivity contribution in [2.45, 2.75) is 31.0 Å². The Bertz CT molecular complexity index is 601. The van der Waals surface area contributed by atoms with Gasteiger partial charge in [0.25, 0.3) is 0 Å². The SMILES string of the molecule is CSCCCCCn1c(SCC(=O)O)nc2cccnc21. The lowest BCUT2D eigenvalue weighted by atomic mass is 10.2. The van der Waals surface area contributed by atoms with Crippen LogP contribution in [0.5, 0.6) is 0 Å². The number of aryl methyl sites for hydroxylation is 1. The summed E-state index contributed by atoms with van der Waals surface area (Å²) in [5, 5.41) is 9.58. The van der Waals surface area contributed by atoms with Gasteiger partial charge in [-0.15, -0.1) is 0 Å². The molecular weight excluding hydrogens is 306 g/mol. The first kappa shape index (κ1) is 16.2. The molecule has 0 saturated heterocycles. The summed E-state index contributed by atoms with van der Waals surface area (Å²) in [6, 6.07) is 3.77. The van der Waals surface area contributed by atoms with Gasteiger partial charge in [-0.05, 0) is 37.0 Å². The van der Waals surface area contributed by atoms with Crippen LogP contribution in [0.3, 0.4) is 0 Å². The van der Waals surface area contributed by atoms with E-state index in [1.165, 1.54) is 23.9 Å². The third kappa shape index (κ3) is 4.64. The third-order valence-corrected chi connectivity index (χ3v) is 4.68. The van der Waals surface area contributed by atoms with E-state index in [-0.39, 0.29) is 5.75 Å². The Balaban J connectivity index is 2.09. The number of nitrogens with zero attached hydrogens (tertiary/aromatic N) is 3. The van der Waals surface area contributed by atoms with Crippen LogP contribution in [0, 0.1) is 0 Å². The van der Waals surface area contributed by atoms with Crippen molar-refractivity contribution in [1.82, 2.24) is 14.5 Å². The van der Waals surface area contributed by atoms with E-state index < -0.39 is 5.97 Å². The molecule has 114 valence electrons. The van der Waals surface area contributed by atoms with Gasteiger partial charge in [0.15, 0.2) is 10.8 Å². The van der Waals surface area contributed by atoms with Crippen LogP contribution in [-0.2, 0) is 11.3 Å². The van der Waals surface area contributed by atoms with Crippen molar-refractivity contribution in [3.8, 4) is 0 Å². The number of fused-ring (bicyclic) bond motifs is 1. The number of carbonyl (C=O) groups is 1. The summed E-state index contributed by atoms with van der Waals surface area (Å²) in [7, 11) is 0. The van der Waals surface area contributed by atoms with Crippen molar-refractivity contribution in [2.24, 2.45) is 0 Å². The fraction of sp³-hybridized carbons (Fsp3) is 0.500. The minimum atomic E-state index is -0.827. The number of imidazole rings is 1. The Morgan fingerprint density at radius 2 is 2.24 bits per heavy atom. The molecule has 2 aromatic heterocycles. The molecular formula is C14H19N3O2S2. The lowest BCUT2D eigenvalue weighted by Gasteiger charge is -2.07. The van der Waals surface area contributed by atoms with Gasteiger partial charge >= 0.3 is 5.97 Å². The smallest absolute Gasteiger partial charge is 0.313 e. The van der Waals surface area contributed by atoms with Gasteiger partial charge in [-0.1, -0.05) is 18.2 Å². The second kappa shape index (κ2) is 8.29. The highest BCUT2D eigenvalue weighted by molar-refractivity contribution is 7.99. The Hall–Kier alpha value is -1.21. The third-order valence-electron chi connectivity index (χ3n) is 3.02. The van der Waals surface area contributed by atoms with E-state index in [4.69, 9.17) is 5.11 Å². The number of aromatic nitrogens is 3. The quantitative estimate of drug-likeness (QED) is 0.564. The van der Waals surface area contributed by atoms with Crippen LogP contribution in [0.25, 0.3) is 11.2 Å². The number of carboxylic acid groups (broad SMARTS) is 1. The lowest BCUT2D eigenvalue weighted by molar-refractivity contribution is -0.133. The average Bonchev–Trinajstić information content (AvgIpc) is 2.83. The summed E-state index contributed by atoms with van der Waals surface area (Å²) in [6.07, 6.45) is 7.30. The molecule has 0 unspecified atom stereocenters. The Labute approximate surface area is 132 Å². The molecule has 0 amide bonds. The number of unbranched alkanes of at least 4 members (excludes halogenated alkanes) is 2. The predicted molar refractivity (Wildman–Crippen MR) is 88.1 cm³/mol. The fourth-order valence-electron chi connectivity index (χ4n) is 2.07. The molecule has 0 aromatic carbocycles. The molecule has 5 nitrogen and oxygen atoms in total. The van der Waals surface area contributed by atoms with Crippen LogP contribution in [0.4, 0.5) is 0 Å². The summed E-state index contributed by atoms with van der Waals surface area (Å²) >= 11 is 3.12. The van der Waals surface area contributed by atoms with Gasteiger partial charge in [-0.2, -0.15) is 11.8 Å². The zero-order chi connectivity index (χ0) is 15.1. The average molecular weight is 325 g/mol. The molecule has 0 aliphatic heterocycles. The molecule has 7 heteroatoms. The number of thioether (sulfide) groups is 2. The van der Waals surface area contributed by atoms with Gasteiger partial charge in [0.05, 0.1) is 5.75 Å². The highest BCUT2D eigenvalue weighted by Crippen LogP contribution is 2.23. The van der Waals surface area contributed by atoms with Crippen molar-refractivity contribution in [1.29, 1.82) is 0 Å². The Morgan fingerprint density at radius 3 is 3.00 bits per heavy atom. The van der Waals surface area contributed by atoms with E-state index in [0.717, 1.165) is 35.7 Å². The van der Waals surface area contributed by atoms with Crippen LogP contribution in [-0.4, -0.2) is 43.4 Å². The van der Waals surface area contributed by atoms with Crippen molar-refractivity contribution in [2.75, 3.05) is 17.8 Å². The minimum Gasteiger partial charge on any atom is -0.481 e. The van der Waals surface area contributed by atoms with Crippen LogP contribution in [0.15, 0.2) is 23.5 Å². The van der Waals surface area contributed by atoms with E-state index >= 15 is 0 Å². The summed E-state index contributed by atoms with van der Waals surface area (Å²) in [5.41, 5.74) is 1.67. The maximum absolute atomic E-state index is 10.8. The molecule has 2 heterocycles. The summed E-state index contributed by atoms with van der Waals surface area (Å²) < 4.78 is 2.04. The maximum atomic E-state index is 10.8. The molecule has 0 saturated carbocycles. The van der Waals surface area contributed by atoms with E-state index in [0.29, 0.717) is 0 Å². The first-order chi connectivity index (χ1) is 10.2. The van der Waals surface area contributed by atoms with Crippen molar-refractivity contribution >= 4 is 40.7 Å². The van der Waals surface area contributed by atoms with Crippen LogP contribution in [0.1, 0.15) is 19.3 Å². The molecule has 2 rings (SSSR count). The molecule has 0 aliphatic carbocycles. The second-order valence-corrected chi connectivity index (χ2v) is 6.56. The highest BCUT2D eigenvalue weighted by Gasteiger charge is 2.13. The van der Waals surface area contributed by atoms with Crippen LogP contribution in [0.2, 0.25) is 0 Å². The normalized spacial score (nSPS) is 11.1. The van der Waals surface area contributed by atoms with Gasteiger partial charge in [0.1, 0.15) is 5.52 Å². The first-order valence-corrected chi connectivity index (χ1v) is 9.25. The highest BCUT2D eigenvalue weighted by atomic mass is 32.2. The molecule has 0 spiro atoms. The largest absolute Gasteiger partial charge is 0.481 e. The maximum Gasteiger partial charge on any atom is 0.313 e. The van der Waals surface area contributed by atoms with E-state index in [2.05, 4.69) is 16.2 Å². The molecule has 0 bridgehead atoms. The van der Waals surface area contributed by atoms with Crippen molar-refractivity contribution in [3.63, 3.8) is 0 Å². The summed E-state index contributed by atoms with van der Waals surface area (Å²) in [5.74, 6) is 0.380. The topological polar surface area (TPSA) is 68.0 Å². The van der Waals surface area contributed by atoms with Gasteiger partial charge in [0.2, 0.25) is 0 Å². The van der Waals surface area contributed by atoms with Crippen molar-refractivity contribution in [3.05, 3.63) is 18.3 Å². The molecule has 0 radical (unpaired) electrons. The lowest BCUT2D eigenvalue weighted by Crippen LogP contribution is -2.04. The molecule has 2 aromatic rings. The van der Waals surface area contributed by atoms with Crippen LogP contribution >= 0.6 is 23.5 Å². The number of rotatable bonds is 9. The zero-order valence-corrected chi connectivity index (χ0v) is 13.6. The standard InChI is InChI=1S/C14H19N3O2S2/c1-20-9-4-2-3-8-17-13-11(6-5-7-15-13)16-14(17)21-10-12(18)19/h5-7H,2-4,8-10H2,1H3,(H,18,19). The summed E-state index contributed by atoms with van der Waals surface area (Å²) in [6.45, 7) is 0.837. The molecule has 1 N–H and O–H groups in total. The monoisotopic (exact) mass is 325 g/mol. The van der Waals surface area contributed by atoms with Gasteiger partial charge < -0.3 is 9.67 Å².